The number of nitrogens with one attached hydrogen (secondary N) is 1. The van der Waals surface area contributed by atoms with E-state index in [1.807, 2.05) is 51.1 Å². The predicted octanol–water partition coefficient (Wildman–Crippen LogP) is 3.90. The Morgan fingerprint density at radius 1 is 1.09 bits per heavy atom. The standard InChI is InChI=1S/C26H30N2O5/c1-24(2,3)33-23(30)28-14-25(13-26(25,15-28)18-6-9-19(31-4)10-7-18)16-32-20-8-5-17-12-27-22(29)21(17)11-20/h5-11H,12-16H2,1-4H3,(H,27,29). The number of hydrogen-bond acceptors (Lipinski definition) is 5. The van der Waals surface area contributed by atoms with Crippen molar-refractivity contribution in [2.75, 3.05) is 26.8 Å². The third-order valence-electron chi connectivity index (χ3n) is 7.06. The summed E-state index contributed by atoms with van der Waals surface area (Å²) >= 11 is 0. The quantitative estimate of drug-likeness (QED) is 0.748. The minimum absolute atomic E-state index is 0.0652. The van der Waals surface area contributed by atoms with Gasteiger partial charge in [0.25, 0.3) is 5.91 Å². The van der Waals surface area contributed by atoms with Crippen LogP contribution in [0.2, 0.25) is 0 Å². The van der Waals surface area contributed by atoms with Gasteiger partial charge < -0.3 is 24.4 Å². The smallest absolute Gasteiger partial charge is 0.410 e. The number of rotatable bonds is 5. The molecule has 2 aromatic rings. The molecule has 2 aliphatic heterocycles. The normalized spacial score (nSPS) is 25.2. The van der Waals surface area contributed by atoms with Gasteiger partial charge in [-0.2, -0.15) is 0 Å². The van der Waals surface area contributed by atoms with Crippen LogP contribution in [0.5, 0.6) is 11.5 Å². The molecule has 2 atom stereocenters. The zero-order valence-electron chi connectivity index (χ0n) is 19.6. The van der Waals surface area contributed by atoms with Crippen molar-refractivity contribution in [2.45, 2.75) is 44.8 Å². The van der Waals surface area contributed by atoms with Gasteiger partial charge in [-0.15, -0.1) is 0 Å². The summed E-state index contributed by atoms with van der Waals surface area (Å²) in [5, 5.41) is 2.84. The highest BCUT2D eigenvalue weighted by Crippen LogP contribution is 2.69. The summed E-state index contributed by atoms with van der Waals surface area (Å²) in [5.74, 6) is 1.41. The van der Waals surface area contributed by atoms with Crippen LogP contribution in [0.3, 0.4) is 0 Å². The Kier molecular flexibility index (Phi) is 4.85. The molecule has 2 heterocycles. The number of carbonyl (C=O) groups excluding carboxylic acids is 2. The van der Waals surface area contributed by atoms with Gasteiger partial charge in [0.05, 0.1) is 13.7 Å². The third-order valence-corrected chi connectivity index (χ3v) is 7.06. The van der Waals surface area contributed by atoms with Crippen molar-refractivity contribution in [1.82, 2.24) is 10.2 Å². The molecule has 1 aliphatic carbocycles. The third kappa shape index (κ3) is 3.69. The van der Waals surface area contributed by atoms with E-state index in [1.165, 1.54) is 5.56 Å². The van der Waals surface area contributed by atoms with Crippen LogP contribution in [-0.2, 0) is 16.7 Å². The van der Waals surface area contributed by atoms with Crippen molar-refractivity contribution in [2.24, 2.45) is 5.41 Å². The Bertz CT molecular complexity index is 1110. The molecule has 33 heavy (non-hydrogen) atoms. The molecule has 1 N–H and O–H groups in total. The maximum atomic E-state index is 12.9. The Morgan fingerprint density at radius 2 is 1.82 bits per heavy atom. The van der Waals surface area contributed by atoms with Crippen LogP contribution in [0.4, 0.5) is 4.79 Å². The Hall–Kier alpha value is -3.22. The number of benzene rings is 2. The first kappa shape index (κ1) is 21.6. The van der Waals surface area contributed by atoms with Gasteiger partial charge >= 0.3 is 6.09 Å². The average molecular weight is 451 g/mol. The van der Waals surface area contributed by atoms with E-state index in [0.717, 1.165) is 17.7 Å². The maximum Gasteiger partial charge on any atom is 0.410 e. The van der Waals surface area contributed by atoms with Crippen LogP contribution in [0.1, 0.15) is 48.7 Å². The van der Waals surface area contributed by atoms with Gasteiger partial charge in [0.15, 0.2) is 0 Å². The zero-order chi connectivity index (χ0) is 23.4. The van der Waals surface area contributed by atoms with Crippen molar-refractivity contribution in [3.8, 4) is 11.5 Å². The van der Waals surface area contributed by atoms with Gasteiger partial charge in [-0.25, -0.2) is 4.79 Å². The number of carbonyl (C=O) groups is 2. The first-order chi connectivity index (χ1) is 15.6. The summed E-state index contributed by atoms with van der Waals surface area (Å²) in [4.78, 5) is 26.7. The number of likely N-dealkylation sites (tertiary alicyclic amines) is 1. The molecule has 1 saturated carbocycles. The van der Waals surface area contributed by atoms with Crippen molar-refractivity contribution >= 4 is 12.0 Å². The van der Waals surface area contributed by atoms with Gasteiger partial charge in [0.1, 0.15) is 17.1 Å². The lowest BCUT2D eigenvalue weighted by Gasteiger charge is -2.26. The highest BCUT2D eigenvalue weighted by Gasteiger charge is 2.74. The van der Waals surface area contributed by atoms with E-state index in [9.17, 15) is 9.59 Å². The van der Waals surface area contributed by atoms with Crippen LogP contribution < -0.4 is 14.8 Å². The van der Waals surface area contributed by atoms with Crippen LogP contribution in [0.25, 0.3) is 0 Å². The minimum Gasteiger partial charge on any atom is -0.497 e. The summed E-state index contributed by atoms with van der Waals surface area (Å²) in [7, 11) is 1.65. The molecule has 5 rings (SSSR count). The number of hydrogen-bond donors (Lipinski definition) is 1. The van der Waals surface area contributed by atoms with Crippen LogP contribution in [0.15, 0.2) is 42.5 Å². The number of methoxy groups -OCH3 is 1. The van der Waals surface area contributed by atoms with E-state index in [1.54, 1.807) is 12.0 Å². The summed E-state index contributed by atoms with van der Waals surface area (Å²) in [5.41, 5.74) is 1.88. The Labute approximate surface area is 194 Å². The highest BCUT2D eigenvalue weighted by atomic mass is 16.6. The predicted molar refractivity (Wildman–Crippen MR) is 123 cm³/mol. The molecule has 2 unspecified atom stereocenters. The van der Waals surface area contributed by atoms with E-state index >= 15 is 0 Å². The molecule has 2 aromatic carbocycles. The average Bonchev–Trinajstić information content (AvgIpc) is 3.06. The summed E-state index contributed by atoms with van der Waals surface area (Å²) in [6, 6.07) is 13.7. The molecule has 2 fully saturated rings. The molecule has 1 saturated heterocycles. The van der Waals surface area contributed by atoms with Gasteiger partial charge in [-0.1, -0.05) is 18.2 Å². The topological polar surface area (TPSA) is 77.1 Å². The largest absolute Gasteiger partial charge is 0.497 e. The monoisotopic (exact) mass is 450 g/mol. The van der Waals surface area contributed by atoms with Crippen LogP contribution >= 0.6 is 0 Å². The lowest BCUT2D eigenvalue weighted by molar-refractivity contribution is 0.0252. The van der Waals surface area contributed by atoms with E-state index in [4.69, 9.17) is 14.2 Å². The SMILES string of the molecule is COc1ccc(C23CN(C(=O)OC(C)(C)C)CC2(COc2ccc4c(c2)C(=O)NC4)C3)cc1. The first-order valence-corrected chi connectivity index (χ1v) is 11.3. The lowest BCUT2D eigenvalue weighted by Crippen LogP contribution is -2.38. The lowest BCUT2D eigenvalue weighted by atomic mass is 9.89. The van der Waals surface area contributed by atoms with E-state index < -0.39 is 5.60 Å². The Morgan fingerprint density at radius 3 is 2.52 bits per heavy atom. The number of nitrogens with zero attached hydrogens (tertiary/aromatic N) is 1. The number of amides is 2. The summed E-state index contributed by atoms with van der Waals surface area (Å²) in [6.07, 6.45) is 0.632. The second kappa shape index (κ2) is 7.40. The second-order valence-electron chi connectivity index (χ2n) is 10.4. The van der Waals surface area contributed by atoms with Crippen molar-refractivity contribution < 1.29 is 23.8 Å². The van der Waals surface area contributed by atoms with Crippen LogP contribution in [0, 0.1) is 5.41 Å². The fraction of sp³-hybridized carbons (Fsp3) is 0.462. The zero-order valence-corrected chi connectivity index (χ0v) is 19.6. The molecule has 0 aromatic heterocycles. The van der Waals surface area contributed by atoms with Crippen molar-refractivity contribution in [3.63, 3.8) is 0 Å². The fourth-order valence-corrected chi connectivity index (χ4v) is 5.31. The molecular formula is C26H30N2O5. The van der Waals surface area contributed by atoms with E-state index in [-0.39, 0.29) is 22.8 Å². The molecule has 2 amide bonds. The number of ether oxygens (including phenoxy) is 3. The summed E-state index contributed by atoms with van der Waals surface area (Å²) in [6.45, 7) is 7.81. The molecular weight excluding hydrogens is 420 g/mol. The van der Waals surface area contributed by atoms with Gasteiger partial charge in [-0.3, -0.25) is 4.79 Å². The molecule has 0 radical (unpaired) electrons. The molecule has 0 spiro atoms. The van der Waals surface area contributed by atoms with Gasteiger partial charge in [-0.05, 0) is 62.6 Å². The molecule has 174 valence electrons. The van der Waals surface area contributed by atoms with E-state index in [0.29, 0.717) is 37.6 Å². The molecule has 3 aliphatic rings. The fourth-order valence-electron chi connectivity index (χ4n) is 5.31. The van der Waals surface area contributed by atoms with Crippen molar-refractivity contribution in [3.05, 3.63) is 59.2 Å². The first-order valence-electron chi connectivity index (χ1n) is 11.3. The highest BCUT2D eigenvalue weighted by molar-refractivity contribution is 5.98. The summed E-state index contributed by atoms with van der Waals surface area (Å²) < 4.78 is 17.2. The molecule has 7 heteroatoms. The maximum absolute atomic E-state index is 12.9. The Balaban J connectivity index is 1.39. The van der Waals surface area contributed by atoms with E-state index in [2.05, 4.69) is 17.4 Å². The van der Waals surface area contributed by atoms with Gasteiger partial charge in [0, 0.05) is 36.0 Å². The number of fused-ring (bicyclic) bond motifs is 2. The van der Waals surface area contributed by atoms with Gasteiger partial charge in [0.2, 0.25) is 0 Å². The molecule has 7 nitrogen and oxygen atoms in total. The van der Waals surface area contributed by atoms with Crippen molar-refractivity contribution in [1.29, 1.82) is 0 Å². The minimum atomic E-state index is -0.550. The number of piperidine rings is 1. The van der Waals surface area contributed by atoms with Crippen LogP contribution in [-0.4, -0.2) is 49.3 Å². The second-order valence-corrected chi connectivity index (χ2v) is 10.4. The molecule has 0 bridgehead atoms.